The van der Waals surface area contributed by atoms with Crippen LogP contribution in [-0.4, -0.2) is 15.8 Å². The maximum absolute atomic E-state index is 10.6. The summed E-state index contributed by atoms with van der Waals surface area (Å²) < 4.78 is 0.679. The molecular weight excluding hydrogens is 146 g/mol. The summed E-state index contributed by atoms with van der Waals surface area (Å²) >= 11 is 0. The zero-order valence-electron chi connectivity index (χ0n) is 5.61. The molecule has 5 nitrogen and oxygen atoms in total. The van der Waals surface area contributed by atoms with E-state index in [1.54, 1.807) is 0 Å². The second-order valence-electron chi connectivity index (χ2n) is 2.02. The van der Waals surface area contributed by atoms with Gasteiger partial charge < -0.3 is 10.9 Å². The summed E-state index contributed by atoms with van der Waals surface area (Å²) in [6, 6.07) is 1.28. The van der Waals surface area contributed by atoms with Gasteiger partial charge >= 0.3 is 0 Å². The fraction of sp³-hybridized carbons (Fsp3) is 0. The van der Waals surface area contributed by atoms with Gasteiger partial charge in [0.05, 0.1) is 17.1 Å². The van der Waals surface area contributed by atoms with Gasteiger partial charge in [-0.3, -0.25) is 10.2 Å². The minimum absolute atomic E-state index is 0.00259. The second-order valence-corrected chi connectivity index (χ2v) is 2.02. The van der Waals surface area contributed by atoms with Gasteiger partial charge in [-0.2, -0.15) is 0 Å². The van der Waals surface area contributed by atoms with E-state index >= 15 is 0 Å². The number of aromatic nitrogens is 1. The van der Waals surface area contributed by atoms with Crippen molar-refractivity contribution in [2.75, 3.05) is 0 Å². The molecule has 0 aliphatic heterocycles. The van der Waals surface area contributed by atoms with Gasteiger partial charge in [-0.15, -0.1) is 0 Å². The van der Waals surface area contributed by atoms with E-state index in [1.165, 1.54) is 12.3 Å². The van der Waals surface area contributed by atoms with Crippen molar-refractivity contribution < 1.29 is 10.0 Å². The summed E-state index contributed by atoms with van der Waals surface area (Å²) in [5.41, 5.74) is 4.90. The molecule has 1 amide bonds. The van der Waals surface area contributed by atoms with E-state index in [4.69, 9.17) is 16.4 Å². The van der Waals surface area contributed by atoms with Gasteiger partial charge in [-0.25, -0.2) is 4.73 Å². The van der Waals surface area contributed by atoms with Crippen LogP contribution in [0.25, 0.3) is 0 Å². The lowest BCUT2D eigenvalue weighted by Crippen LogP contribution is -2.22. The summed E-state index contributed by atoms with van der Waals surface area (Å²) in [6.07, 6.45) is 2.33. The number of rotatable bonds is 1. The number of pyridine rings is 1. The molecule has 4 N–H and O–H groups in total. The van der Waals surface area contributed by atoms with Crippen LogP contribution in [0.4, 0.5) is 0 Å². The molecule has 0 saturated carbocycles. The highest BCUT2D eigenvalue weighted by Crippen LogP contribution is 1.87. The maximum Gasteiger partial charge on any atom is 0.252 e. The number of nitrogens with one attached hydrogen (secondary N) is 1. The lowest BCUT2D eigenvalue weighted by molar-refractivity contribution is 0.0993. The molecule has 0 radical (unpaired) electrons. The number of carbonyl (C=O) groups excluding carboxylic acids is 1. The summed E-state index contributed by atoms with van der Waals surface area (Å²) in [4.78, 5) is 10.6. The van der Waals surface area contributed by atoms with Crippen LogP contribution in [0.1, 0.15) is 10.4 Å². The molecule has 0 saturated heterocycles. The highest BCUT2D eigenvalue weighted by Gasteiger charge is 2.02. The molecule has 5 heteroatoms. The Bertz CT molecular complexity index is 342. The van der Waals surface area contributed by atoms with Crippen molar-refractivity contribution in [3.63, 3.8) is 0 Å². The molecule has 58 valence electrons. The van der Waals surface area contributed by atoms with Crippen LogP contribution in [0.15, 0.2) is 18.5 Å². The molecule has 0 fully saturated rings. The Morgan fingerprint density at radius 2 is 2.36 bits per heavy atom. The van der Waals surface area contributed by atoms with Crippen LogP contribution in [0.2, 0.25) is 0 Å². The Kier molecular flexibility index (Phi) is 1.63. The minimum atomic E-state index is -0.724. The fourth-order valence-electron chi connectivity index (χ4n) is 0.682. The Hall–Kier alpha value is -1.78. The van der Waals surface area contributed by atoms with Crippen molar-refractivity contribution in [2.45, 2.75) is 0 Å². The average Bonchev–Trinajstić information content (AvgIpc) is 1.94. The van der Waals surface area contributed by atoms with Gasteiger partial charge in [-0.05, 0) is 6.07 Å². The first-order valence-electron chi connectivity index (χ1n) is 2.87. The van der Waals surface area contributed by atoms with Crippen LogP contribution in [0.5, 0.6) is 0 Å². The first-order chi connectivity index (χ1) is 5.11. The molecule has 1 aromatic rings. The van der Waals surface area contributed by atoms with E-state index in [9.17, 15) is 4.79 Å². The quantitative estimate of drug-likeness (QED) is 0.465. The molecule has 1 rings (SSSR count). The molecule has 1 aromatic heterocycles. The lowest BCUT2D eigenvalue weighted by atomic mass is 10.2. The highest BCUT2D eigenvalue weighted by molar-refractivity contribution is 5.92. The van der Waals surface area contributed by atoms with Gasteiger partial charge in [0.2, 0.25) is 0 Å². The minimum Gasteiger partial charge on any atom is -0.429 e. The SMILES string of the molecule is N=c1ccn(O)cc1C(N)=O. The van der Waals surface area contributed by atoms with Crippen molar-refractivity contribution in [3.05, 3.63) is 29.4 Å². The number of amides is 1. The predicted molar refractivity (Wildman–Crippen MR) is 36.0 cm³/mol. The molecule has 0 aromatic carbocycles. The third-order valence-corrected chi connectivity index (χ3v) is 1.21. The van der Waals surface area contributed by atoms with E-state index < -0.39 is 5.91 Å². The Morgan fingerprint density at radius 1 is 1.73 bits per heavy atom. The molecule has 1 heterocycles. The number of carbonyl (C=O) groups is 1. The van der Waals surface area contributed by atoms with Gasteiger partial charge in [-0.1, -0.05) is 0 Å². The fourth-order valence-corrected chi connectivity index (χ4v) is 0.682. The lowest BCUT2D eigenvalue weighted by Gasteiger charge is -1.98. The molecular formula is C6H7N3O2. The first-order valence-corrected chi connectivity index (χ1v) is 2.87. The third-order valence-electron chi connectivity index (χ3n) is 1.21. The Labute approximate surface area is 62.2 Å². The topological polar surface area (TPSA) is 92.1 Å². The molecule has 0 atom stereocenters. The van der Waals surface area contributed by atoms with Crippen LogP contribution >= 0.6 is 0 Å². The van der Waals surface area contributed by atoms with E-state index in [1.807, 2.05) is 0 Å². The average molecular weight is 153 g/mol. The maximum atomic E-state index is 10.6. The number of nitrogens with zero attached hydrogens (tertiary/aromatic N) is 1. The highest BCUT2D eigenvalue weighted by atomic mass is 16.5. The van der Waals surface area contributed by atoms with Gasteiger partial charge in [0.15, 0.2) is 0 Å². The van der Waals surface area contributed by atoms with E-state index in [0.29, 0.717) is 4.73 Å². The number of hydrogen-bond donors (Lipinski definition) is 3. The standard InChI is InChI=1S/C6H7N3O2/c7-5-1-2-9(11)3-4(5)6(8)10/h1-3,7,11H,(H2,8,10). The van der Waals surface area contributed by atoms with Crippen LogP contribution < -0.4 is 11.1 Å². The van der Waals surface area contributed by atoms with Crippen LogP contribution in [0, 0.1) is 5.41 Å². The third kappa shape index (κ3) is 1.37. The van der Waals surface area contributed by atoms with Crippen molar-refractivity contribution in [1.82, 2.24) is 4.73 Å². The van der Waals surface area contributed by atoms with E-state index in [0.717, 1.165) is 6.20 Å². The normalized spacial score (nSPS) is 9.45. The number of nitrogens with two attached hydrogens (primary N) is 1. The largest absolute Gasteiger partial charge is 0.429 e. The summed E-state index contributed by atoms with van der Waals surface area (Å²) in [5.74, 6) is -0.724. The van der Waals surface area contributed by atoms with Crippen molar-refractivity contribution in [1.29, 1.82) is 5.41 Å². The van der Waals surface area contributed by atoms with Gasteiger partial charge in [0, 0.05) is 6.20 Å². The summed E-state index contributed by atoms with van der Waals surface area (Å²) in [7, 11) is 0. The summed E-state index contributed by atoms with van der Waals surface area (Å²) in [6.45, 7) is 0. The van der Waals surface area contributed by atoms with Gasteiger partial charge in [0.25, 0.3) is 5.91 Å². The van der Waals surface area contributed by atoms with E-state index in [-0.39, 0.29) is 10.9 Å². The monoisotopic (exact) mass is 153 g/mol. The first kappa shape index (κ1) is 7.33. The van der Waals surface area contributed by atoms with Crippen molar-refractivity contribution >= 4 is 5.91 Å². The van der Waals surface area contributed by atoms with Crippen molar-refractivity contribution in [2.24, 2.45) is 5.73 Å². The van der Waals surface area contributed by atoms with Crippen LogP contribution in [-0.2, 0) is 0 Å². The molecule has 11 heavy (non-hydrogen) atoms. The number of primary amides is 1. The van der Waals surface area contributed by atoms with Gasteiger partial charge in [0.1, 0.15) is 0 Å². The molecule has 0 bridgehead atoms. The second kappa shape index (κ2) is 2.45. The molecule has 0 spiro atoms. The zero-order chi connectivity index (χ0) is 8.43. The zero-order valence-corrected chi connectivity index (χ0v) is 5.61. The molecule has 0 aliphatic carbocycles. The number of hydrogen-bond acceptors (Lipinski definition) is 3. The van der Waals surface area contributed by atoms with Crippen LogP contribution in [0.3, 0.4) is 0 Å². The predicted octanol–water partition coefficient (Wildman–Crippen LogP) is -0.696. The smallest absolute Gasteiger partial charge is 0.252 e. The molecule has 0 unspecified atom stereocenters. The van der Waals surface area contributed by atoms with Crippen molar-refractivity contribution in [3.8, 4) is 0 Å². The summed E-state index contributed by atoms with van der Waals surface area (Å²) in [5, 5.41) is 16.0. The molecule has 0 aliphatic rings. The van der Waals surface area contributed by atoms with E-state index in [2.05, 4.69) is 0 Å². The Morgan fingerprint density at radius 3 is 2.82 bits per heavy atom. The Balaban J connectivity index is 3.35.